The van der Waals surface area contributed by atoms with Crippen LogP contribution in [0, 0.1) is 0 Å². The van der Waals surface area contributed by atoms with Gasteiger partial charge in [0, 0.05) is 65.7 Å². The van der Waals surface area contributed by atoms with E-state index in [9.17, 15) is 43.6 Å². The van der Waals surface area contributed by atoms with E-state index in [1.54, 1.807) is 66.2 Å². The van der Waals surface area contributed by atoms with Crippen LogP contribution in [-0.4, -0.2) is 109 Å². The van der Waals surface area contributed by atoms with Crippen molar-refractivity contribution in [3.05, 3.63) is 137 Å². The molecule has 1 aliphatic heterocycles. The first-order valence-electron chi connectivity index (χ1n) is 20.3. The first-order valence-corrected chi connectivity index (χ1v) is 24.6. The zero-order valence-corrected chi connectivity index (χ0v) is 38.6. The Kier molecular flexibility index (Phi) is 15.7. The molecular weight excluding hydrogens is 955 g/mol. The molecule has 1 aliphatic rings. The monoisotopic (exact) mass is 999 g/mol. The Balaban J connectivity index is 1.19. The second-order valence-electron chi connectivity index (χ2n) is 15.7. The summed E-state index contributed by atoms with van der Waals surface area (Å²) in [6.45, 7) is 3.66. The van der Waals surface area contributed by atoms with E-state index >= 15 is 8.78 Å². The number of piperazine rings is 1. The molecule has 1 saturated heterocycles. The Hall–Kier alpha value is -4.86. The van der Waals surface area contributed by atoms with Crippen LogP contribution in [0.1, 0.15) is 22.3 Å². The van der Waals surface area contributed by atoms with Crippen LogP contribution in [0.4, 0.5) is 42.1 Å². The Bertz CT molecular complexity index is 2690. The summed E-state index contributed by atoms with van der Waals surface area (Å²) in [5, 5.41) is -3.51. The molecule has 1 atom stereocenters. The molecule has 0 bridgehead atoms. The van der Waals surface area contributed by atoms with E-state index in [4.69, 9.17) is 11.6 Å². The number of nitrogens with one attached hydrogen (secondary N) is 2. The standard InChI is InChI=1S/C45H45ClF7N5O5S3/c1-56(2)23-22-35(30-64-37-9-4-3-5-10-37)54-40-21-20-38(28-41(40)65(60,61)45(52,53)43(47,48)44(49,50)51)66(62,63)55-42(59)32-14-18-36(19-15-32)58-26-24-57(25-27-58)29-33-8-6-7-11-39(33)31-12-16-34(46)17-13-31/h3-21,28,35,54H,22-27,29-30H2,1-2H3,(H,55,59)/t35-/m1/s1. The van der Waals surface area contributed by atoms with E-state index in [1.165, 1.54) is 23.9 Å². The summed E-state index contributed by atoms with van der Waals surface area (Å²) >= 11 is 7.34. The van der Waals surface area contributed by atoms with Crippen molar-refractivity contribution in [2.75, 3.05) is 62.8 Å². The maximum absolute atomic E-state index is 15.2. The van der Waals surface area contributed by atoms with Gasteiger partial charge in [-0.3, -0.25) is 9.69 Å². The minimum atomic E-state index is -7.10. The molecule has 0 aliphatic carbocycles. The van der Waals surface area contributed by atoms with Crippen LogP contribution in [0.2, 0.25) is 5.02 Å². The number of sulfonamides is 1. The number of amides is 1. The van der Waals surface area contributed by atoms with E-state index in [2.05, 4.69) is 27.2 Å². The number of nitrogens with zero attached hydrogens (tertiary/aromatic N) is 3. The lowest BCUT2D eigenvalue weighted by Crippen LogP contribution is -2.56. The first kappa shape index (κ1) is 50.6. The van der Waals surface area contributed by atoms with Gasteiger partial charge in [-0.05, 0) is 110 Å². The van der Waals surface area contributed by atoms with Gasteiger partial charge < -0.3 is 15.1 Å². The van der Waals surface area contributed by atoms with Gasteiger partial charge in [-0.15, -0.1) is 11.8 Å². The zero-order valence-electron chi connectivity index (χ0n) is 35.4. The fraction of sp³-hybridized carbons (Fsp3) is 0.311. The van der Waals surface area contributed by atoms with Gasteiger partial charge in [0.1, 0.15) is 0 Å². The van der Waals surface area contributed by atoms with Gasteiger partial charge >= 0.3 is 17.4 Å². The average Bonchev–Trinajstić information content (AvgIpc) is 3.27. The summed E-state index contributed by atoms with van der Waals surface area (Å²) in [6.07, 6.45) is -6.83. The lowest BCUT2D eigenvalue weighted by molar-refractivity contribution is -0.332. The summed E-state index contributed by atoms with van der Waals surface area (Å²) in [6, 6.07) is 30.8. The molecule has 1 heterocycles. The normalized spacial score (nSPS) is 14.9. The van der Waals surface area contributed by atoms with Crippen LogP contribution < -0.4 is 14.9 Å². The summed E-state index contributed by atoms with van der Waals surface area (Å²) < 4.78 is 155. The van der Waals surface area contributed by atoms with Crippen LogP contribution in [0.15, 0.2) is 136 Å². The molecule has 2 N–H and O–H groups in total. The number of anilines is 2. The minimum Gasteiger partial charge on any atom is -0.380 e. The number of thioether (sulfide) groups is 1. The Morgan fingerprint density at radius 2 is 1.41 bits per heavy atom. The van der Waals surface area contributed by atoms with Crippen molar-refractivity contribution in [2.24, 2.45) is 0 Å². The zero-order chi connectivity index (χ0) is 48.1. The van der Waals surface area contributed by atoms with E-state index in [-0.39, 0.29) is 23.8 Å². The summed E-state index contributed by atoms with van der Waals surface area (Å²) in [4.78, 5) is 17.1. The van der Waals surface area contributed by atoms with Crippen molar-refractivity contribution in [1.82, 2.24) is 14.5 Å². The van der Waals surface area contributed by atoms with Crippen LogP contribution >= 0.6 is 23.4 Å². The van der Waals surface area contributed by atoms with E-state index in [0.717, 1.165) is 27.3 Å². The largest absolute Gasteiger partial charge is 0.461 e. The molecule has 1 fully saturated rings. The molecule has 21 heteroatoms. The summed E-state index contributed by atoms with van der Waals surface area (Å²) in [7, 11) is -8.81. The predicted molar refractivity (Wildman–Crippen MR) is 243 cm³/mol. The predicted octanol–water partition coefficient (Wildman–Crippen LogP) is 9.54. The molecule has 0 spiro atoms. The second-order valence-corrected chi connectivity index (χ2v) is 20.9. The topological polar surface area (TPSA) is 119 Å². The van der Waals surface area contributed by atoms with Crippen molar-refractivity contribution in [3.63, 3.8) is 0 Å². The highest BCUT2D eigenvalue weighted by Gasteiger charge is 2.79. The third kappa shape index (κ3) is 11.6. The third-order valence-electron chi connectivity index (χ3n) is 10.8. The van der Waals surface area contributed by atoms with Gasteiger partial charge in [-0.1, -0.05) is 66.2 Å². The minimum absolute atomic E-state index is 0.0278. The molecule has 0 aromatic heterocycles. The van der Waals surface area contributed by atoms with E-state index < -0.39 is 64.6 Å². The summed E-state index contributed by atoms with van der Waals surface area (Å²) in [5.41, 5.74) is 2.95. The highest BCUT2D eigenvalue weighted by atomic mass is 35.5. The van der Waals surface area contributed by atoms with Crippen molar-refractivity contribution in [2.45, 2.75) is 51.0 Å². The maximum Gasteiger partial charge on any atom is 0.461 e. The van der Waals surface area contributed by atoms with Crippen molar-refractivity contribution < 1.29 is 52.4 Å². The second kappa shape index (κ2) is 20.6. The number of carbonyl (C=O) groups excluding carboxylic acids is 1. The highest BCUT2D eigenvalue weighted by molar-refractivity contribution is 7.99. The highest BCUT2D eigenvalue weighted by Crippen LogP contribution is 2.52. The lowest BCUT2D eigenvalue weighted by Gasteiger charge is -2.36. The van der Waals surface area contributed by atoms with Crippen LogP contribution in [-0.2, 0) is 26.4 Å². The number of hydrogen-bond acceptors (Lipinski definition) is 10. The third-order valence-corrected chi connectivity index (χ3v) is 15.4. The number of hydrogen-bond donors (Lipinski definition) is 2. The van der Waals surface area contributed by atoms with Gasteiger partial charge in [0.25, 0.3) is 25.8 Å². The van der Waals surface area contributed by atoms with E-state index in [0.29, 0.717) is 56.4 Å². The lowest BCUT2D eigenvalue weighted by atomic mass is 9.99. The molecule has 5 aromatic rings. The van der Waals surface area contributed by atoms with Crippen molar-refractivity contribution in [3.8, 4) is 11.1 Å². The maximum atomic E-state index is 15.2. The van der Waals surface area contributed by atoms with Gasteiger partial charge in [-0.25, -0.2) is 21.6 Å². The van der Waals surface area contributed by atoms with Gasteiger partial charge in [0.15, 0.2) is 0 Å². The quantitative estimate of drug-likeness (QED) is 0.0650. The molecular formula is C45H45ClF7N5O5S3. The first-order chi connectivity index (χ1) is 31.0. The number of alkyl halides is 7. The smallest absolute Gasteiger partial charge is 0.380 e. The fourth-order valence-electron chi connectivity index (χ4n) is 7.07. The average molecular weight is 1000 g/mol. The van der Waals surface area contributed by atoms with Gasteiger partial charge in [-0.2, -0.15) is 30.7 Å². The van der Waals surface area contributed by atoms with Crippen LogP contribution in [0.3, 0.4) is 0 Å². The number of rotatable bonds is 18. The number of sulfone groups is 1. The Morgan fingerprint density at radius 3 is 2.03 bits per heavy atom. The van der Waals surface area contributed by atoms with Crippen molar-refractivity contribution in [1.29, 1.82) is 0 Å². The molecule has 10 nitrogen and oxygen atoms in total. The number of carbonyl (C=O) groups is 1. The van der Waals surface area contributed by atoms with Crippen LogP contribution in [0.25, 0.3) is 11.1 Å². The molecule has 0 saturated carbocycles. The summed E-state index contributed by atoms with van der Waals surface area (Å²) in [5.74, 6) is -8.21. The van der Waals surface area contributed by atoms with Gasteiger partial charge in [0.2, 0.25) is 0 Å². The molecule has 6 rings (SSSR count). The number of benzene rings is 5. The number of halogens is 8. The van der Waals surface area contributed by atoms with E-state index in [1.807, 2.05) is 36.4 Å². The molecule has 5 aromatic carbocycles. The Morgan fingerprint density at radius 1 is 0.788 bits per heavy atom. The van der Waals surface area contributed by atoms with Crippen molar-refractivity contribution >= 4 is 60.5 Å². The SMILES string of the molecule is CN(C)CC[C@H](CSc1ccccc1)Nc1ccc(S(=O)(=O)NC(=O)c2ccc(N3CCN(Cc4ccccc4-c4ccc(Cl)cc4)CC3)cc2)cc1S(=O)(=O)C(F)(F)C(F)(F)C(F)(F)F. The van der Waals surface area contributed by atoms with Crippen LogP contribution in [0.5, 0.6) is 0 Å². The molecule has 66 heavy (non-hydrogen) atoms. The molecule has 0 radical (unpaired) electrons. The Labute approximate surface area is 388 Å². The molecule has 354 valence electrons. The molecule has 1 amide bonds. The fourth-order valence-corrected chi connectivity index (χ4v) is 10.7. The molecule has 0 unspecified atom stereocenters. The van der Waals surface area contributed by atoms with Gasteiger partial charge in [0.05, 0.1) is 15.5 Å².